The van der Waals surface area contributed by atoms with Gasteiger partial charge in [-0.1, -0.05) is 19.8 Å². The van der Waals surface area contributed by atoms with Crippen LogP contribution in [0.25, 0.3) is 0 Å². The van der Waals surface area contributed by atoms with Gasteiger partial charge in [-0.3, -0.25) is 5.32 Å². The summed E-state index contributed by atoms with van der Waals surface area (Å²) in [7, 11) is 2.22. The van der Waals surface area contributed by atoms with Crippen LogP contribution in [-0.4, -0.2) is 36.1 Å². The molecular weight excluding hydrogens is 234 g/mol. The molecule has 0 aromatic carbocycles. The highest BCUT2D eigenvalue weighted by Crippen LogP contribution is 2.27. The van der Waals surface area contributed by atoms with E-state index < -0.39 is 5.54 Å². The Labute approximate surface area is 119 Å². The van der Waals surface area contributed by atoms with Gasteiger partial charge in [0.1, 0.15) is 5.54 Å². The molecular formula is C16H31N3. The predicted octanol–water partition coefficient (Wildman–Crippen LogP) is 3.17. The Morgan fingerprint density at radius 3 is 2.53 bits per heavy atom. The summed E-state index contributed by atoms with van der Waals surface area (Å²) < 4.78 is 0. The third kappa shape index (κ3) is 5.12. The summed E-state index contributed by atoms with van der Waals surface area (Å²) in [5.41, 5.74) is -0.402. The molecule has 19 heavy (non-hydrogen) atoms. The predicted molar refractivity (Wildman–Crippen MR) is 81.0 cm³/mol. The molecule has 1 fully saturated rings. The SMILES string of the molecule is CC(C)NC(C)(C#N)CCN(C)C1CCCCC1C. The second kappa shape index (κ2) is 7.26. The number of nitriles is 1. The van der Waals surface area contributed by atoms with E-state index >= 15 is 0 Å². The van der Waals surface area contributed by atoms with Crippen LogP contribution in [0.5, 0.6) is 0 Å². The zero-order chi connectivity index (χ0) is 14.5. The van der Waals surface area contributed by atoms with E-state index in [1.807, 2.05) is 6.92 Å². The van der Waals surface area contributed by atoms with Crippen molar-refractivity contribution >= 4 is 0 Å². The van der Waals surface area contributed by atoms with Gasteiger partial charge >= 0.3 is 0 Å². The highest BCUT2D eigenvalue weighted by atomic mass is 15.1. The van der Waals surface area contributed by atoms with Gasteiger partial charge in [-0.05, 0) is 53.0 Å². The van der Waals surface area contributed by atoms with Gasteiger partial charge in [0.15, 0.2) is 0 Å². The summed E-state index contributed by atoms with van der Waals surface area (Å²) >= 11 is 0. The van der Waals surface area contributed by atoms with Gasteiger partial charge < -0.3 is 4.90 Å². The first-order valence-electron chi connectivity index (χ1n) is 7.77. The fourth-order valence-electron chi connectivity index (χ4n) is 3.31. The van der Waals surface area contributed by atoms with Crippen LogP contribution < -0.4 is 5.32 Å². The van der Waals surface area contributed by atoms with Gasteiger partial charge in [-0.15, -0.1) is 0 Å². The number of hydrogen-bond donors (Lipinski definition) is 1. The molecule has 0 amide bonds. The Hall–Kier alpha value is -0.590. The van der Waals surface area contributed by atoms with Crippen molar-refractivity contribution in [3.05, 3.63) is 0 Å². The molecule has 1 saturated carbocycles. The largest absolute Gasteiger partial charge is 0.303 e. The lowest BCUT2D eigenvalue weighted by molar-refractivity contribution is 0.130. The minimum atomic E-state index is -0.402. The van der Waals surface area contributed by atoms with Crippen LogP contribution in [0.3, 0.4) is 0 Å². The maximum absolute atomic E-state index is 9.38. The fourth-order valence-corrected chi connectivity index (χ4v) is 3.31. The van der Waals surface area contributed by atoms with Gasteiger partial charge in [-0.2, -0.15) is 5.26 Å². The summed E-state index contributed by atoms with van der Waals surface area (Å²) in [4.78, 5) is 2.47. The highest BCUT2D eigenvalue weighted by Gasteiger charge is 2.28. The molecule has 1 N–H and O–H groups in total. The van der Waals surface area contributed by atoms with E-state index in [-0.39, 0.29) is 0 Å². The normalized spacial score (nSPS) is 27.3. The van der Waals surface area contributed by atoms with Crippen LogP contribution in [0.15, 0.2) is 0 Å². The third-order valence-corrected chi connectivity index (χ3v) is 4.45. The van der Waals surface area contributed by atoms with Crippen molar-refractivity contribution in [2.24, 2.45) is 5.92 Å². The van der Waals surface area contributed by atoms with Crippen molar-refractivity contribution in [2.45, 2.75) is 77.4 Å². The number of rotatable bonds is 6. The maximum Gasteiger partial charge on any atom is 0.105 e. The fraction of sp³-hybridized carbons (Fsp3) is 0.938. The lowest BCUT2D eigenvalue weighted by atomic mass is 9.84. The molecule has 3 nitrogen and oxygen atoms in total. The Kier molecular flexibility index (Phi) is 6.29. The molecule has 3 heteroatoms. The van der Waals surface area contributed by atoms with E-state index in [0.29, 0.717) is 12.1 Å². The first-order chi connectivity index (χ1) is 8.88. The zero-order valence-electron chi connectivity index (χ0n) is 13.4. The van der Waals surface area contributed by atoms with Crippen LogP contribution in [0, 0.1) is 17.2 Å². The Balaban J connectivity index is 2.47. The Morgan fingerprint density at radius 1 is 1.37 bits per heavy atom. The van der Waals surface area contributed by atoms with E-state index in [4.69, 9.17) is 0 Å². The van der Waals surface area contributed by atoms with Crippen molar-refractivity contribution in [3.8, 4) is 6.07 Å². The molecule has 0 spiro atoms. The standard InChI is InChI=1S/C16H31N3/c1-13(2)18-16(4,12-17)10-11-19(5)15-9-7-6-8-14(15)3/h13-15,18H,6-11H2,1-5H3. The van der Waals surface area contributed by atoms with Crippen LogP contribution in [-0.2, 0) is 0 Å². The van der Waals surface area contributed by atoms with Crippen molar-refractivity contribution in [3.63, 3.8) is 0 Å². The second-order valence-corrected chi connectivity index (χ2v) is 6.80. The number of nitrogens with one attached hydrogen (secondary N) is 1. The van der Waals surface area contributed by atoms with Crippen LogP contribution in [0.4, 0.5) is 0 Å². The number of nitrogens with zero attached hydrogens (tertiary/aromatic N) is 2. The maximum atomic E-state index is 9.38. The van der Waals surface area contributed by atoms with Crippen LogP contribution in [0.1, 0.15) is 59.8 Å². The molecule has 0 heterocycles. The van der Waals surface area contributed by atoms with Gasteiger partial charge in [-0.25, -0.2) is 0 Å². The summed E-state index contributed by atoms with van der Waals surface area (Å²) in [5.74, 6) is 0.796. The second-order valence-electron chi connectivity index (χ2n) is 6.80. The van der Waals surface area contributed by atoms with Crippen molar-refractivity contribution < 1.29 is 0 Å². The van der Waals surface area contributed by atoms with Gasteiger partial charge in [0.25, 0.3) is 0 Å². The van der Waals surface area contributed by atoms with Gasteiger partial charge in [0, 0.05) is 18.6 Å². The lowest BCUT2D eigenvalue weighted by Crippen LogP contribution is -2.48. The average molecular weight is 265 g/mol. The molecule has 0 aromatic rings. The van der Waals surface area contributed by atoms with E-state index in [9.17, 15) is 5.26 Å². The third-order valence-electron chi connectivity index (χ3n) is 4.45. The molecule has 0 radical (unpaired) electrons. The van der Waals surface area contributed by atoms with E-state index in [0.717, 1.165) is 18.9 Å². The zero-order valence-corrected chi connectivity index (χ0v) is 13.4. The Morgan fingerprint density at radius 2 is 2.00 bits per heavy atom. The summed E-state index contributed by atoms with van der Waals surface area (Å²) in [6.45, 7) is 9.59. The molecule has 0 aliphatic heterocycles. The smallest absolute Gasteiger partial charge is 0.105 e. The molecule has 3 atom stereocenters. The molecule has 1 aliphatic rings. The molecule has 0 bridgehead atoms. The quantitative estimate of drug-likeness (QED) is 0.802. The first-order valence-corrected chi connectivity index (χ1v) is 7.77. The molecule has 1 rings (SSSR count). The molecule has 3 unspecified atom stereocenters. The van der Waals surface area contributed by atoms with Crippen LogP contribution in [0.2, 0.25) is 0 Å². The molecule has 110 valence electrons. The lowest BCUT2D eigenvalue weighted by Gasteiger charge is -2.37. The topological polar surface area (TPSA) is 39.1 Å². The highest BCUT2D eigenvalue weighted by molar-refractivity contribution is 5.04. The molecule has 1 aliphatic carbocycles. The first kappa shape index (κ1) is 16.5. The van der Waals surface area contributed by atoms with Crippen molar-refractivity contribution in [2.75, 3.05) is 13.6 Å². The average Bonchev–Trinajstić information content (AvgIpc) is 2.36. The van der Waals surface area contributed by atoms with Crippen molar-refractivity contribution in [1.29, 1.82) is 5.26 Å². The number of hydrogen-bond acceptors (Lipinski definition) is 3. The Bertz CT molecular complexity index is 308. The minimum Gasteiger partial charge on any atom is -0.303 e. The van der Waals surface area contributed by atoms with E-state index in [2.05, 4.69) is 44.1 Å². The van der Waals surface area contributed by atoms with Gasteiger partial charge in [0.2, 0.25) is 0 Å². The molecule has 0 saturated heterocycles. The summed E-state index contributed by atoms with van der Waals surface area (Å²) in [6, 6.07) is 3.50. The molecule has 0 aromatic heterocycles. The van der Waals surface area contributed by atoms with E-state index in [1.165, 1.54) is 25.7 Å². The van der Waals surface area contributed by atoms with E-state index in [1.54, 1.807) is 0 Å². The monoisotopic (exact) mass is 265 g/mol. The van der Waals surface area contributed by atoms with Crippen LogP contribution >= 0.6 is 0 Å². The van der Waals surface area contributed by atoms with Gasteiger partial charge in [0.05, 0.1) is 6.07 Å². The summed E-state index contributed by atoms with van der Waals surface area (Å²) in [5, 5.41) is 12.8. The van der Waals surface area contributed by atoms with Crippen molar-refractivity contribution in [1.82, 2.24) is 10.2 Å². The summed E-state index contributed by atoms with van der Waals surface area (Å²) in [6.07, 6.45) is 6.31. The minimum absolute atomic E-state index is 0.351.